The molecule has 0 amide bonds. The predicted molar refractivity (Wildman–Crippen MR) is 38.1 cm³/mol. The maximum Gasteiger partial charge on any atom is 0.161 e. The molecule has 1 saturated carbocycles. The van der Waals surface area contributed by atoms with Crippen molar-refractivity contribution in [2.75, 3.05) is 0 Å². The van der Waals surface area contributed by atoms with E-state index in [-0.39, 0.29) is 11.6 Å². The highest BCUT2D eigenvalue weighted by Crippen LogP contribution is 2.33. The van der Waals surface area contributed by atoms with E-state index in [1.54, 1.807) is 0 Å². The minimum atomic E-state index is -1.15. The molecule has 0 unspecified atom stereocenters. The Labute approximate surface area is 64.5 Å². The zero-order valence-electron chi connectivity index (χ0n) is 5.82. The SMILES string of the molecule is CC(=O)[C@]1(Cl)CCCC1=O. The molecule has 0 aromatic rings. The lowest BCUT2D eigenvalue weighted by atomic mass is 10.0. The second kappa shape index (κ2) is 2.35. The summed E-state index contributed by atoms with van der Waals surface area (Å²) in [6.07, 6.45) is 1.73. The summed E-state index contributed by atoms with van der Waals surface area (Å²) in [6, 6.07) is 0. The van der Waals surface area contributed by atoms with Crippen molar-refractivity contribution in [2.45, 2.75) is 31.1 Å². The van der Waals surface area contributed by atoms with E-state index in [0.29, 0.717) is 12.8 Å². The smallest absolute Gasteiger partial charge is 0.161 e. The summed E-state index contributed by atoms with van der Waals surface area (Å²) in [5, 5.41) is 0. The minimum absolute atomic E-state index is 0.110. The van der Waals surface area contributed by atoms with E-state index < -0.39 is 4.87 Å². The van der Waals surface area contributed by atoms with Crippen molar-refractivity contribution in [3.05, 3.63) is 0 Å². The second-order valence-electron chi connectivity index (χ2n) is 2.63. The molecule has 1 fully saturated rings. The molecule has 1 aliphatic carbocycles. The maximum atomic E-state index is 11.0. The normalized spacial score (nSPS) is 32.8. The summed E-state index contributed by atoms with van der Waals surface area (Å²) >= 11 is 5.76. The predicted octanol–water partition coefficient (Wildman–Crippen LogP) is 1.31. The van der Waals surface area contributed by atoms with Crippen LogP contribution in [0.5, 0.6) is 0 Å². The highest BCUT2D eigenvalue weighted by molar-refractivity contribution is 6.47. The van der Waals surface area contributed by atoms with Gasteiger partial charge in [-0.05, 0) is 19.8 Å². The van der Waals surface area contributed by atoms with Crippen LogP contribution in [0.3, 0.4) is 0 Å². The molecule has 10 heavy (non-hydrogen) atoms. The van der Waals surface area contributed by atoms with Gasteiger partial charge in [0.1, 0.15) is 0 Å². The molecule has 0 N–H and O–H groups in total. The van der Waals surface area contributed by atoms with Crippen molar-refractivity contribution in [3.63, 3.8) is 0 Å². The molecular weight excluding hydrogens is 152 g/mol. The first-order chi connectivity index (χ1) is 4.57. The lowest BCUT2D eigenvalue weighted by molar-refractivity contribution is -0.127. The fourth-order valence-electron chi connectivity index (χ4n) is 1.20. The molecule has 56 valence electrons. The van der Waals surface area contributed by atoms with E-state index in [2.05, 4.69) is 0 Å². The van der Waals surface area contributed by atoms with Crippen LogP contribution in [0.1, 0.15) is 26.2 Å². The van der Waals surface area contributed by atoms with Gasteiger partial charge in [-0.15, -0.1) is 11.6 Å². The molecular formula is C7H9ClO2. The first-order valence-electron chi connectivity index (χ1n) is 3.30. The Balaban J connectivity index is 2.86. The molecule has 0 saturated heterocycles. The van der Waals surface area contributed by atoms with Crippen LogP contribution in [-0.4, -0.2) is 16.4 Å². The van der Waals surface area contributed by atoms with Crippen molar-refractivity contribution in [3.8, 4) is 0 Å². The number of carbonyl (C=O) groups is 2. The third-order valence-corrected chi connectivity index (χ3v) is 2.59. The molecule has 0 aromatic heterocycles. The highest BCUT2D eigenvalue weighted by Gasteiger charge is 2.44. The van der Waals surface area contributed by atoms with E-state index in [9.17, 15) is 9.59 Å². The first kappa shape index (κ1) is 7.73. The Hall–Kier alpha value is -0.370. The third-order valence-electron chi connectivity index (χ3n) is 1.93. The van der Waals surface area contributed by atoms with Crippen LogP contribution in [0.4, 0.5) is 0 Å². The topological polar surface area (TPSA) is 34.1 Å². The molecule has 2 nitrogen and oxygen atoms in total. The summed E-state index contributed by atoms with van der Waals surface area (Å²) in [6.45, 7) is 1.37. The number of carbonyl (C=O) groups excluding carboxylic acids is 2. The Bertz CT molecular complexity index is 188. The van der Waals surface area contributed by atoms with Gasteiger partial charge < -0.3 is 0 Å². The lowest BCUT2D eigenvalue weighted by Crippen LogP contribution is -2.34. The number of halogens is 1. The van der Waals surface area contributed by atoms with Gasteiger partial charge in [0.15, 0.2) is 16.4 Å². The fraction of sp³-hybridized carbons (Fsp3) is 0.714. The van der Waals surface area contributed by atoms with E-state index in [0.717, 1.165) is 6.42 Å². The highest BCUT2D eigenvalue weighted by atomic mass is 35.5. The van der Waals surface area contributed by atoms with Gasteiger partial charge in [0.25, 0.3) is 0 Å². The van der Waals surface area contributed by atoms with Crippen molar-refractivity contribution < 1.29 is 9.59 Å². The van der Waals surface area contributed by atoms with Gasteiger partial charge in [0.05, 0.1) is 0 Å². The summed E-state index contributed by atoms with van der Waals surface area (Å²) in [4.78, 5) is 20.7. The quantitative estimate of drug-likeness (QED) is 0.428. The minimum Gasteiger partial charge on any atom is -0.298 e. The number of rotatable bonds is 1. The first-order valence-corrected chi connectivity index (χ1v) is 3.68. The molecule has 0 bridgehead atoms. The van der Waals surface area contributed by atoms with Gasteiger partial charge in [-0.25, -0.2) is 0 Å². The standard InChI is InChI=1S/C7H9ClO2/c1-5(9)7(8)4-2-3-6(7)10/h2-4H2,1H3/t7-/m1/s1. The Morgan fingerprint density at radius 2 is 2.30 bits per heavy atom. The number of Topliss-reactive ketones (excluding diaryl/α,β-unsaturated/α-hetero) is 2. The van der Waals surface area contributed by atoms with Gasteiger partial charge in [0.2, 0.25) is 0 Å². The number of alkyl halides is 1. The molecule has 0 aromatic carbocycles. The molecule has 1 rings (SSSR count). The molecule has 1 aliphatic rings. The average Bonchev–Trinajstić information content (AvgIpc) is 2.15. The molecule has 0 aliphatic heterocycles. The van der Waals surface area contributed by atoms with E-state index in [1.807, 2.05) is 0 Å². The second-order valence-corrected chi connectivity index (χ2v) is 3.28. The van der Waals surface area contributed by atoms with Gasteiger partial charge in [-0.1, -0.05) is 0 Å². The number of hydrogen-bond acceptors (Lipinski definition) is 2. The molecule has 3 heteroatoms. The zero-order chi connectivity index (χ0) is 7.78. The van der Waals surface area contributed by atoms with Crippen molar-refractivity contribution >= 4 is 23.2 Å². The average molecular weight is 161 g/mol. The van der Waals surface area contributed by atoms with Crippen molar-refractivity contribution in [2.24, 2.45) is 0 Å². The number of ketones is 2. The third kappa shape index (κ3) is 0.966. The summed E-state index contributed by atoms with van der Waals surface area (Å²) < 4.78 is 0. The van der Waals surface area contributed by atoms with Gasteiger partial charge in [-0.2, -0.15) is 0 Å². The molecule has 0 radical (unpaired) electrons. The van der Waals surface area contributed by atoms with Crippen molar-refractivity contribution in [1.82, 2.24) is 0 Å². The van der Waals surface area contributed by atoms with Crippen molar-refractivity contribution in [1.29, 1.82) is 0 Å². The monoisotopic (exact) mass is 160 g/mol. The summed E-state index contributed by atoms with van der Waals surface area (Å²) in [5.74, 6) is -0.321. The zero-order valence-corrected chi connectivity index (χ0v) is 6.57. The Kier molecular flexibility index (Phi) is 1.82. The van der Waals surface area contributed by atoms with Crippen LogP contribution in [0.2, 0.25) is 0 Å². The van der Waals surface area contributed by atoms with E-state index in [1.165, 1.54) is 6.92 Å². The van der Waals surface area contributed by atoms with Crippen LogP contribution in [-0.2, 0) is 9.59 Å². The van der Waals surface area contributed by atoms with Crippen LogP contribution in [0.15, 0.2) is 0 Å². The van der Waals surface area contributed by atoms with Crippen LogP contribution >= 0.6 is 11.6 Å². The Morgan fingerprint density at radius 3 is 2.50 bits per heavy atom. The van der Waals surface area contributed by atoms with Crippen LogP contribution in [0.25, 0.3) is 0 Å². The molecule has 0 spiro atoms. The summed E-state index contributed by atoms with van der Waals surface area (Å²) in [5.41, 5.74) is 0. The van der Waals surface area contributed by atoms with Crippen LogP contribution in [0, 0.1) is 0 Å². The molecule has 1 atom stereocenters. The Morgan fingerprint density at radius 1 is 1.70 bits per heavy atom. The van der Waals surface area contributed by atoms with E-state index in [4.69, 9.17) is 11.6 Å². The largest absolute Gasteiger partial charge is 0.298 e. The molecule has 0 heterocycles. The van der Waals surface area contributed by atoms with Gasteiger partial charge in [-0.3, -0.25) is 9.59 Å². The van der Waals surface area contributed by atoms with Gasteiger partial charge >= 0.3 is 0 Å². The lowest BCUT2D eigenvalue weighted by Gasteiger charge is -2.13. The van der Waals surface area contributed by atoms with Crippen LogP contribution < -0.4 is 0 Å². The number of hydrogen-bond donors (Lipinski definition) is 0. The van der Waals surface area contributed by atoms with Gasteiger partial charge in [0, 0.05) is 6.42 Å². The maximum absolute atomic E-state index is 11.0. The fourth-order valence-corrected chi connectivity index (χ4v) is 1.43. The summed E-state index contributed by atoms with van der Waals surface area (Å²) in [7, 11) is 0. The van der Waals surface area contributed by atoms with E-state index >= 15 is 0 Å².